The van der Waals surface area contributed by atoms with Crippen LogP contribution in [0.4, 0.5) is 32.0 Å². The highest BCUT2D eigenvalue weighted by molar-refractivity contribution is 7.91. The van der Waals surface area contributed by atoms with Gasteiger partial charge in [0.2, 0.25) is 15.9 Å². The molecule has 0 radical (unpaired) electrons. The largest absolute Gasteiger partial charge is 0.491 e. The molecule has 306 valence electrons. The number of amides is 1. The summed E-state index contributed by atoms with van der Waals surface area (Å²) in [7, 11) is -3.80. The first kappa shape index (κ1) is 42.7. The number of carboxylic acids is 1. The van der Waals surface area contributed by atoms with Crippen molar-refractivity contribution in [1.82, 2.24) is 20.4 Å². The summed E-state index contributed by atoms with van der Waals surface area (Å²) in [5.41, 5.74) is 1.19. The maximum atomic E-state index is 13.6. The lowest BCUT2D eigenvalue weighted by molar-refractivity contribution is -0.192. The molecule has 1 amide bonds. The van der Waals surface area contributed by atoms with E-state index >= 15 is 0 Å². The first-order valence-corrected chi connectivity index (χ1v) is 19.4. The van der Waals surface area contributed by atoms with Crippen molar-refractivity contribution in [2.24, 2.45) is 5.92 Å². The topological polar surface area (TPSA) is 160 Å². The van der Waals surface area contributed by atoms with Crippen LogP contribution in [0.3, 0.4) is 0 Å². The standard InChI is InChI=1S/C36H38F3N5O5S.C2HF3O2/c37-36(38,39)33-14-15-34(42-41-33)49-30-11-8-27(9-12-30)28-16-18-44(19-17-28)35(45)29-10-13-32(48-20-4-7-26-22-40-23-26)31(21-29)43-50(46,47)24-25-5-2-1-3-6-25;3-2(4,5)1(6)7/h1-3,5-6,8-15,21,26,28,40,43H,4,7,16-20,22-24H2;(H,6,7). The third kappa shape index (κ3) is 12.8. The van der Waals surface area contributed by atoms with Gasteiger partial charge in [-0.05, 0) is 98.1 Å². The normalized spacial score (nSPS) is 15.2. The fourth-order valence-corrected chi connectivity index (χ4v) is 7.22. The summed E-state index contributed by atoms with van der Waals surface area (Å²) in [5.74, 6) is -1.61. The molecule has 3 N–H and O–H groups in total. The Morgan fingerprint density at radius 1 is 0.895 bits per heavy atom. The van der Waals surface area contributed by atoms with E-state index in [0.29, 0.717) is 61.1 Å². The van der Waals surface area contributed by atoms with Crippen LogP contribution in [0.5, 0.6) is 17.4 Å². The first-order chi connectivity index (χ1) is 27.0. The van der Waals surface area contributed by atoms with Crippen molar-refractivity contribution in [1.29, 1.82) is 0 Å². The average molecular weight is 824 g/mol. The zero-order valence-electron chi connectivity index (χ0n) is 30.2. The summed E-state index contributed by atoms with van der Waals surface area (Å²) in [5, 5.41) is 17.1. The number of benzene rings is 3. The van der Waals surface area contributed by atoms with Gasteiger partial charge in [0.15, 0.2) is 5.69 Å². The Labute approximate surface area is 324 Å². The molecule has 3 heterocycles. The quantitative estimate of drug-likeness (QED) is 0.0926. The van der Waals surface area contributed by atoms with Crippen molar-refractivity contribution < 1.29 is 58.9 Å². The summed E-state index contributed by atoms with van der Waals surface area (Å²) in [6, 6.07) is 22.9. The number of piperidine rings is 1. The Kier molecular flexibility index (Phi) is 14.0. The molecule has 6 rings (SSSR count). The Morgan fingerprint density at radius 3 is 2.12 bits per heavy atom. The van der Waals surface area contributed by atoms with E-state index in [2.05, 4.69) is 20.2 Å². The molecule has 0 saturated carbocycles. The number of carbonyl (C=O) groups is 2. The Bertz CT molecular complexity index is 2060. The molecule has 0 aliphatic carbocycles. The minimum Gasteiger partial charge on any atom is -0.491 e. The molecule has 4 aromatic rings. The average Bonchev–Trinajstić information content (AvgIpc) is 3.14. The van der Waals surface area contributed by atoms with E-state index < -0.39 is 34.0 Å². The van der Waals surface area contributed by atoms with Crippen LogP contribution in [0.15, 0.2) is 84.9 Å². The maximum absolute atomic E-state index is 13.6. The fraction of sp³-hybridized carbons (Fsp3) is 0.368. The van der Waals surface area contributed by atoms with Gasteiger partial charge in [0.1, 0.15) is 11.5 Å². The number of sulfonamides is 1. The molecule has 0 bridgehead atoms. The molecule has 0 atom stereocenters. The predicted molar refractivity (Wildman–Crippen MR) is 195 cm³/mol. The molecular formula is C38H39F6N5O7S. The van der Waals surface area contributed by atoms with Gasteiger partial charge in [-0.15, -0.1) is 10.2 Å². The third-order valence-electron chi connectivity index (χ3n) is 9.10. The van der Waals surface area contributed by atoms with Crippen LogP contribution < -0.4 is 19.5 Å². The van der Waals surface area contributed by atoms with E-state index in [0.717, 1.165) is 43.6 Å². The zero-order valence-corrected chi connectivity index (χ0v) is 31.0. The summed E-state index contributed by atoms with van der Waals surface area (Å²) >= 11 is 0. The number of nitrogens with zero attached hydrogens (tertiary/aromatic N) is 3. The maximum Gasteiger partial charge on any atom is 0.490 e. The third-order valence-corrected chi connectivity index (χ3v) is 10.3. The Morgan fingerprint density at radius 2 is 1.56 bits per heavy atom. The number of rotatable bonds is 13. The number of alkyl halides is 6. The van der Waals surface area contributed by atoms with Crippen LogP contribution in [0.25, 0.3) is 0 Å². The van der Waals surface area contributed by atoms with Gasteiger partial charge in [0.25, 0.3) is 5.91 Å². The second kappa shape index (κ2) is 18.7. The number of aromatic nitrogens is 2. The van der Waals surface area contributed by atoms with Crippen LogP contribution >= 0.6 is 0 Å². The van der Waals surface area contributed by atoms with Crippen LogP contribution in [0.2, 0.25) is 0 Å². The van der Waals surface area contributed by atoms with Crippen molar-refractivity contribution in [3.63, 3.8) is 0 Å². The van der Waals surface area contributed by atoms with Gasteiger partial charge in [0, 0.05) is 24.7 Å². The van der Waals surface area contributed by atoms with Crippen molar-refractivity contribution in [3.8, 4) is 17.4 Å². The lowest BCUT2D eigenvalue weighted by Gasteiger charge is -2.32. The SMILES string of the molecule is O=C(O)C(F)(F)F.O=C(c1ccc(OCCCC2CNC2)c(NS(=O)(=O)Cc2ccccc2)c1)N1CCC(c2ccc(Oc3ccc(C(F)(F)F)nn3)cc2)CC1. The summed E-state index contributed by atoms with van der Waals surface area (Å²) < 4.78 is 111. The number of hydrogen-bond acceptors (Lipinski definition) is 9. The second-order valence-corrected chi connectivity index (χ2v) is 15.1. The number of likely N-dealkylation sites (tertiary alicyclic amines) is 1. The van der Waals surface area contributed by atoms with Gasteiger partial charge < -0.3 is 24.8 Å². The Balaban J connectivity index is 0.000000811. The lowest BCUT2D eigenvalue weighted by atomic mass is 9.89. The molecule has 0 spiro atoms. The molecule has 2 fully saturated rings. The molecule has 2 saturated heterocycles. The number of carboxylic acid groups (broad SMARTS) is 1. The molecule has 2 aliphatic heterocycles. The first-order valence-electron chi connectivity index (χ1n) is 17.8. The van der Waals surface area contributed by atoms with E-state index in [1.54, 1.807) is 59.5 Å². The molecule has 2 aliphatic rings. The van der Waals surface area contributed by atoms with E-state index in [4.69, 9.17) is 19.4 Å². The van der Waals surface area contributed by atoms with Crippen LogP contribution in [0.1, 0.15) is 58.8 Å². The second-order valence-electron chi connectivity index (χ2n) is 13.4. The highest BCUT2D eigenvalue weighted by atomic mass is 32.2. The molecule has 57 heavy (non-hydrogen) atoms. The minimum absolute atomic E-state index is 0.0500. The van der Waals surface area contributed by atoms with Crippen molar-refractivity contribution >= 4 is 27.6 Å². The monoisotopic (exact) mass is 823 g/mol. The van der Waals surface area contributed by atoms with E-state index in [-0.39, 0.29) is 29.1 Å². The number of ether oxygens (including phenoxy) is 2. The smallest absolute Gasteiger partial charge is 0.490 e. The van der Waals surface area contributed by atoms with Crippen LogP contribution in [0, 0.1) is 5.92 Å². The van der Waals surface area contributed by atoms with Crippen molar-refractivity contribution in [2.45, 2.75) is 49.7 Å². The van der Waals surface area contributed by atoms with Gasteiger partial charge in [-0.3, -0.25) is 9.52 Å². The highest BCUT2D eigenvalue weighted by Gasteiger charge is 2.38. The summed E-state index contributed by atoms with van der Waals surface area (Å²) in [6.07, 6.45) is -6.38. The summed E-state index contributed by atoms with van der Waals surface area (Å²) in [6.45, 7) is 3.45. The van der Waals surface area contributed by atoms with E-state index in [1.807, 2.05) is 18.2 Å². The van der Waals surface area contributed by atoms with E-state index in [9.17, 15) is 39.6 Å². The van der Waals surface area contributed by atoms with Gasteiger partial charge in [-0.25, -0.2) is 13.2 Å². The van der Waals surface area contributed by atoms with Crippen molar-refractivity contribution in [3.05, 3.63) is 107 Å². The fourth-order valence-electron chi connectivity index (χ4n) is 6.03. The summed E-state index contributed by atoms with van der Waals surface area (Å²) in [4.78, 5) is 24.3. The zero-order chi connectivity index (χ0) is 41.2. The lowest BCUT2D eigenvalue weighted by Crippen LogP contribution is -2.41. The predicted octanol–water partition coefficient (Wildman–Crippen LogP) is 7.26. The number of nitrogens with one attached hydrogen (secondary N) is 2. The highest BCUT2D eigenvalue weighted by Crippen LogP contribution is 2.33. The number of hydrogen-bond donors (Lipinski definition) is 3. The molecule has 12 nitrogen and oxygen atoms in total. The number of carbonyl (C=O) groups excluding carboxylic acids is 1. The van der Waals surface area contributed by atoms with Crippen molar-refractivity contribution in [2.75, 3.05) is 37.5 Å². The van der Waals surface area contributed by atoms with E-state index in [1.165, 1.54) is 0 Å². The molecule has 3 aromatic carbocycles. The molecule has 1 aromatic heterocycles. The van der Waals surface area contributed by atoms with Gasteiger partial charge >= 0.3 is 18.3 Å². The van der Waals surface area contributed by atoms with Crippen LogP contribution in [-0.4, -0.2) is 79.5 Å². The Hall–Kier alpha value is -5.43. The van der Waals surface area contributed by atoms with Gasteiger partial charge in [-0.1, -0.05) is 42.5 Å². The van der Waals surface area contributed by atoms with Gasteiger partial charge in [0.05, 0.1) is 18.0 Å². The number of aliphatic carboxylic acids is 1. The number of anilines is 1. The van der Waals surface area contributed by atoms with Crippen LogP contribution in [-0.2, 0) is 26.7 Å². The number of halogens is 6. The van der Waals surface area contributed by atoms with Gasteiger partial charge in [-0.2, -0.15) is 26.3 Å². The molecule has 19 heteroatoms. The minimum atomic E-state index is -5.08. The molecule has 0 unspecified atom stereocenters. The molecular weight excluding hydrogens is 785 g/mol.